The van der Waals surface area contributed by atoms with Gasteiger partial charge in [-0.05, 0) is 59.3 Å². The molecule has 50 heavy (non-hydrogen) atoms. The number of rotatable bonds is 3. The summed E-state index contributed by atoms with van der Waals surface area (Å²) in [6.07, 6.45) is 0. The SMILES string of the molecule is c1ccc(-c2nc(-c3ccc4c(c3)oc3ccccc34)nc(-c3ccc4oc5ccc6oc7cc8ccccc8c8sc3c4c5c6c78)n2)cc1. The molecule has 6 nitrogen and oxygen atoms in total. The maximum Gasteiger partial charge on any atom is 0.165 e. The van der Waals surface area contributed by atoms with Crippen molar-refractivity contribution < 1.29 is 13.3 Å². The van der Waals surface area contributed by atoms with Gasteiger partial charge in [0.25, 0.3) is 0 Å². The van der Waals surface area contributed by atoms with Crippen LogP contribution < -0.4 is 0 Å². The predicted octanol–water partition coefficient (Wildman–Crippen LogP) is 12.4. The van der Waals surface area contributed by atoms with Crippen LogP contribution in [-0.4, -0.2) is 15.0 Å². The van der Waals surface area contributed by atoms with E-state index in [0.717, 1.165) is 97.3 Å². The summed E-state index contributed by atoms with van der Waals surface area (Å²) >= 11 is 1.74. The Bertz CT molecular complexity index is 3330. The van der Waals surface area contributed by atoms with E-state index in [1.54, 1.807) is 11.3 Å². The zero-order valence-electron chi connectivity index (χ0n) is 26.1. The van der Waals surface area contributed by atoms with Gasteiger partial charge in [0, 0.05) is 53.7 Å². The van der Waals surface area contributed by atoms with Crippen molar-refractivity contribution in [3.8, 4) is 34.2 Å². The second kappa shape index (κ2) is 9.53. The van der Waals surface area contributed by atoms with Gasteiger partial charge in [0.2, 0.25) is 0 Å². The van der Waals surface area contributed by atoms with Crippen LogP contribution in [0.2, 0.25) is 0 Å². The van der Waals surface area contributed by atoms with Crippen molar-refractivity contribution in [2.75, 3.05) is 0 Å². The molecule has 0 saturated heterocycles. The summed E-state index contributed by atoms with van der Waals surface area (Å²) in [4.78, 5) is 15.4. The van der Waals surface area contributed by atoms with Crippen LogP contribution in [0.25, 0.3) is 120 Å². The average molecular weight is 660 g/mol. The lowest BCUT2D eigenvalue weighted by molar-refractivity contribution is 0.663. The Morgan fingerprint density at radius 2 is 1.00 bits per heavy atom. The van der Waals surface area contributed by atoms with E-state index in [1.807, 2.05) is 72.8 Å². The third-order valence-electron chi connectivity index (χ3n) is 9.90. The quantitative estimate of drug-likeness (QED) is 0.188. The molecule has 0 amide bonds. The predicted molar refractivity (Wildman–Crippen MR) is 202 cm³/mol. The Balaban J connectivity index is 1.20. The van der Waals surface area contributed by atoms with E-state index < -0.39 is 0 Å². The van der Waals surface area contributed by atoms with E-state index in [4.69, 9.17) is 28.2 Å². The Kier molecular flexibility index (Phi) is 5.03. The first-order valence-electron chi connectivity index (χ1n) is 16.4. The molecule has 0 fully saturated rings. The highest BCUT2D eigenvalue weighted by atomic mass is 32.1. The van der Waals surface area contributed by atoms with Gasteiger partial charge in [-0.3, -0.25) is 0 Å². The highest BCUT2D eigenvalue weighted by Crippen LogP contribution is 2.50. The number of furan rings is 3. The molecular formula is C43H21N3O3S. The summed E-state index contributed by atoms with van der Waals surface area (Å²) < 4.78 is 21.5. The molecule has 0 bridgehead atoms. The molecule has 7 heteroatoms. The zero-order chi connectivity index (χ0) is 32.5. The maximum atomic E-state index is 6.50. The van der Waals surface area contributed by atoms with Crippen molar-refractivity contribution in [2.45, 2.75) is 0 Å². The van der Waals surface area contributed by atoms with E-state index in [1.165, 1.54) is 5.39 Å². The molecular weight excluding hydrogens is 639 g/mol. The van der Waals surface area contributed by atoms with E-state index in [2.05, 4.69) is 54.6 Å². The first-order chi connectivity index (χ1) is 24.7. The summed E-state index contributed by atoms with van der Waals surface area (Å²) in [6, 6.07) is 43.2. The maximum absolute atomic E-state index is 6.50. The highest BCUT2D eigenvalue weighted by Gasteiger charge is 2.25. The smallest absolute Gasteiger partial charge is 0.165 e. The molecule has 0 N–H and O–H groups in total. The monoisotopic (exact) mass is 659 g/mol. The zero-order valence-corrected chi connectivity index (χ0v) is 26.9. The fraction of sp³-hybridized carbons (Fsp3) is 0. The molecule has 5 heterocycles. The van der Waals surface area contributed by atoms with Crippen LogP contribution in [0.4, 0.5) is 0 Å². The van der Waals surface area contributed by atoms with Gasteiger partial charge in [-0.2, -0.15) is 0 Å². The lowest BCUT2D eigenvalue weighted by atomic mass is 10.0. The minimum atomic E-state index is 0.574. The second-order valence-electron chi connectivity index (χ2n) is 12.7. The number of hydrogen-bond acceptors (Lipinski definition) is 7. The van der Waals surface area contributed by atoms with Crippen LogP contribution in [0.1, 0.15) is 0 Å². The summed E-state index contributed by atoms with van der Waals surface area (Å²) in [5.74, 6) is 1.76. The van der Waals surface area contributed by atoms with E-state index >= 15 is 0 Å². The molecule has 232 valence electrons. The van der Waals surface area contributed by atoms with Crippen LogP contribution in [-0.2, 0) is 0 Å². The van der Waals surface area contributed by atoms with Gasteiger partial charge in [-0.1, -0.05) is 78.9 Å². The van der Waals surface area contributed by atoms with Crippen molar-refractivity contribution in [1.82, 2.24) is 15.0 Å². The van der Waals surface area contributed by atoms with Crippen LogP contribution >= 0.6 is 11.3 Å². The number of para-hydroxylation sites is 1. The van der Waals surface area contributed by atoms with E-state index in [-0.39, 0.29) is 0 Å². The van der Waals surface area contributed by atoms with Crippen molar-refractivity contribution in [2.24, 2.45) is 0 Å². The van der Waals surface area contributed by atoms with Crippen LogP contribution in [0.15, 0.2) is 141 Å². The molecule has 0 saturated carbocycles. The number of nitrogens with zero attached hydrogens (tertiary/aromatic N) is 3. The Labute approximate surface area is 286 Å². The van der Waals surface area contributed by atoms with Crippen LogP contribution in [0, 0.1) is 0 Å². The Morgan fingerprint density at radius 3 is 1.86 bits per heavy atom. The number of aromatic nitrogens is 3. The first kappa shape index (κ1) is 26.4. The number of hydrogen-bond donors (Lipinski definition) is 0. The van der Waals surface area contributed by atoms with Gasteiger partial charge in [-0.15, -0.1) is 11.3 Å². The van der Waals surface area contributed by atoms with E-state index in [9.17, 15) is 0 Å². The molecule has 7 aromatic carbocycles. The lowest BCUT2D eigenvalue weighted by Gasteiger charge is -2.10. The van der Waals surface area contributed by atoms with Crippen molar-refractivity contribution in [1.29, 1.82) is 0 Å². The minimum absolute atomic E-state index is 0.574. The third kappa shape index (κ3) is 3.53. The molecule has 0 aliphatic heterocycles. The molecule has 0 aliphatic rings. The van der Waals surface area contributed by atoms with Crippen LogP contribution in [0.3, 0.4) is 0 Å². The molecule has 12 rings (SSSR count). The number of fused-ring (bicyclic) bond motifs is 5. The summed E-state index contributed by atoms with van der Waals surface area (Å²) in [6.45, 7) is 0. The van der Waals surface area contributed by atoms with Crippen molar-refractivity contribution in [3.05, 3.63) is 127 Å². The summed E-state index contributed by atoms with van der Waals surface area (Å²) in [7, 11) is 0. The summed E-state index contributed by atoms with van der Waals surface area (Å²) in [5.41, 5.74) is 7.68. The fourth-order valence-electron chi connectivity index (χ4n) is 7.66. The average Bonchev–Trinajstić information content (AvgIpc) is 3.82. The second-order valence-corrected chi connectivity index (χ2v) is 13.7. The van der Waals surface area contributed by atoms with Gasteiger partial charge in [0.05, 0.1) is 4.70 Å². The fourth-order valence-corrected chi connectivity index (χ4v) is 9.04. The lowest BCUT2D eigenvalue weighted by Crippen LogP contribution is -2.00. The van der Waals surface area contributed by atoms with Crippen LogP contribution in [0.5, 0.6) is 0 Å². The van der Waals surface area contributed by atoms with Crippen molar-refractivity contribution in [3.63, 3.8) is 0 Å². The molecule has 12 aromatic rings. The third-order valence-corrected chi connectivity index (χ3v) is 11.2. The molecule has 0 atom stereocenters. The Hall–Kier alpha value is -6.57. The van der Waals surface area contributed by atoms with E-state index in [0.29, 0.717) is 17.5 Å². The highest BCUT2D eigenvalue weighted by molar-refractivity contribution is 7.26. The van der Waals surface area contributed by atoms with Gasteiger partial charge < -0.3 is 13.3 Å². The van der Waals surface area contributed by atoms with Gasteiger partial charge >= 0.3 is 0 Å². The summed E-state index contributed by atoms with van der Waals surface area (Å²) in [5, 5.41) is 8.75. The van der Waals surface area contributed by atoms with Gasteiger partial charge in [0.15, 0.2) is 17.5 Å². The topological polar surface area (TPSA) is 78.1 Å². The normalized spacial score (nSPS) is 12.4. The molecule has 5 aromatic heterocycles. The van der Waals surface area contributed by atoms with Crippen molar-refractivity contribution >= 4 is 97.3 Å². The van der Waals surface area contributed by atoms with Gasteiger partial charge in [0.1, 0.15) is 33.5 Å². The molecule has 0 radical (unpaired) electrons. The molecule has 0 unspecified atom stereocenters. The van der Waals surface area contributed by atoms with Gasteiger partial charge in [-0.25, -0.2) is 15.0 Å². The Morgan fingerprint density at radius 1 is 0.380 bits per heavy atom. The largest absolute Gasteiger partial charge is 0.456 e. The first-order valence-corrected chi connectivity index (χ1v) is 17.2. The molecule has 0 spiro atoms. The minimum Gasteiger partial charge on any atom is -0.456 e. The molecule has 0 aliphatic carbocycles. The standard InChI is InChI=1S/C43H21N3O3S/c1-2-8-22(9-3-1)41-44-42(24-14-15-27-26-12-6-7-13-29(26)47-33(27)21-24)46-43(45-41)28-16-17-32-37-35-30(48-32)18-19-31-36(35)38-34(49-31)20-23-10-4-5-11-25(23)39(38)50-40(28)37/h1-21H. The number of benzene rings is 7.